The molecule has 0 saturated carbocycles. The number of amides is 1. The van der Waals surface area contributed by atoms with Crippen molar-refractivity contribution in [3.8, 4) is 0 Å². The monoisotopic (exact) mass is 228 g/mol. The van der Waals surface area contributed by atoms with Crippen molar-refractivity contribution >= 4 is 5.91 Å². The Kier molecular flexibility index (Phi) is 4.05. The quantitative estimate of drug-likeness (QED) is 0.488. The number of hydrogen-bond donors (Lipinski definition) is 2. The van der Waals surface area contributed by atoms with Crippen LogP contribution in [0.15, 0.2) is 30.6 Å². The molecule has 1 fully saturated rings. The Hall–Kier alpha value is -1.13. The zero-order valence-corrected chi connectivity index (χ0v) is 8.89. The molecule has 15 heavy (non-hydrogen) atoms. The minimum atomic E-state index is -0.587. The van der Waals surface area contributed by atoms with Crippen molar-refractivity contribution in [3.63, 3.8) is 0 Å². The second kappa shape index (κ2) is 5.09. The average molecular weight is 229 g/mol. The molecule has 4 nitrogen and oxygen atoms in total. The lowest BCUT2D eigenvalue weighted by Gasteiger charge is -2.22. The number of pyridine rings is 1. The zero-order chi connectivity index (χ0) is 9.97. The van der Waals surface area contributed by atoms with E-state index >= 15 is 0 Å². The SMILES string of the molecule is O=C1NCCC(O)C1[n+]1ccccc1.[Cl-]. The van der Waals surface area contributed by atoms with Gasteiger partial charge in [0.2, 0.25) is 0 Å². The van der Waals surface area contributed by atoms with Gasteiger partial charge in [-0.1, -0.05) is 6.07 Å². The van der Waals surface area contributed by atoms with Crippen molar-refractivity contribution in [1.82, 2.24) is 5.32 Å². The predicted octanol–water partition coefficient (Wildman–Crippen LogP) is -3.60. The van der Waals surface area contributed by atoms with Crippen LogP contribution in [-0.2, 0) is 4.79 Å². The van der Waals surface area contributed by atoms with Gasteiger partial charge in [0, 0.05) is 18.7 Å². The molecular formula is C10H13ClN2O2. The van der Waals surface area contributed by atoms with Crippen molar-refractivity contribution in [2.75, 3.05) is 6.54 Å². The van der Waals surface area contributed by atoms with E-state index in [1.165, 1.54) is 0 Å². The largest absolute Gasteiger partial charge is 1.00 e. The second-order valence-corrected chi connectivity index (χ2v) is 3.41. The van der Waals surface area contributed by atoms with Gasteiger partial charge in [0.15, 0.2) is 12.4 Å². The number of carbonyl (C=O) groups excluding carboxylic acids is 1. The maximum absolute atomic E-state index is 11.5. The number of aliphatic hydroxyl groups excluding tert-OH is 1. The molecule has 2 N–H and O–H groups in total. The zero-order valence-electron chi connectivity index (χ0n) is 8.14. The number of aromatic nitrogens is 1. The molecule has 1 aliphatic heterocycles. The number of aliphatic hydroxyl groups is 1. The Morgan fingerprint density at radius 1 is 1.33 bits per heavy atom. The van der Waals surface area contributed by atoms with Crippen molar-refractivity contribution in [2.45, 2.75) is 18.6 Å². The fraction of sp³-hybridized carbons (Fsp3) is 0.400. The summed E-state index contributed by atoms with van der Waals surface area (Å²) < 4.78 is 1.74. The first-order valence-electron chi connectivity index (χ1n) is 4.70. The van der Waals surface area contributed by atoms with E-state index in [4.69, 9.17) is 0 Å². The standard InChI is InChI=1S/C10H12N2O2.ClH/c13-8-4-5-11-10(14)9(8)12-6-2-1-3-7-12;/h1-3,6-9,13H,4-5H2;1H. The lowest BCUT2D eigenvalue weighted by atomic mass is 10.0. The van der Waals surface area contributed by atoms with E-state index in [1.54, 1.807) is 17.0 Å². The molecule has 0 bridgehead atoms. The molecular weight excluding hydrogens is 216 g/mol. The Balaban J connectivity index is 0.00000112. The molecule has 1 aromatic rings. The van der Waals surface area contributed by atoms with E-state index in [0.29, 0.717) is 13.0 Å². The predicted molar refractivity (Wildman–Crippen MR) is 49.3 cm³/mol. The molecule has 0 aromatic carbocycles. The van der Waals surface area contributed by atoms with Gasteiger partial charge < -0.3 is 22.8 Å². The highest BCUT2D eigenvalue weighted by Crippen LogP contribution is 2.11. The number of halogens is 1. The van der Waals surface area contributed by atoms with Gasteiger partial charge in [0.05, 0.1) is 0 Å². The molecule has 2 unspecified atom stereocenters. The third-order valence-corrected chi connectivity index (χ3v) is 2.43. The van der Waals surface area contributed by atoms with Crippen LogP contribution in [0.25, 0.3) is 0 Å². The summed E-state index contributed by atoms with van der Waals surface area (Å²) in [6.07, 6.45) is 3.60. The van der Waals surface area contributed by atoms with Crippen LogP contribution in [-0.4, -0.2) is 23.7 Å². The van der Waals surface area contributed by atoms with Crippen LogP contribution in [0, 0.1) is 0 Å². The van der Waals surface area contributed by atoms with Crippen molar-refractivity contribution in [1.29, 1.82) is 0 Å². The summed E-state index contributed by atoms with van der Waals surface area (Å²) in [5.74, 6) is -0.111. The van der Waals surface area contributed by atoms with Gasteiger partial charge in [-0.15, -0.1) is 0 Å². The molecule has 2 rings (SSSR count). The van der Waals surface area contributed by atoms with E-state index < -0.39 is 12.1 Å². The van der Waals surface area contributed by atoms with Gasteiger partial charge in [-0.25, -0.2) is 0 Å². The summed E-state index contributed by atoms with van der Waals surface area (Å²) in [6.45, 7) is 0.559. The summed E-state index contributed by atoms with van der Waals surface area (Å²) in [7, 11) is 0. The minimum absolute atomic E-state index is 0. The average Bonchev–Trinajstić information content (AvgIpc) is 2.19. The van der Waals surface area contributed by atoms with Crippen LogP contribution in [0.4, 0.5) is 0 Å². The molecule has 1 aliphatic rings. The number of nitrogens with one attached hydrogen (secondary N) is 1. The first-order valence-corrected chi connectivity index (χ1v) is 4.70. The molecule has 0 spiro atoms. The fourth-order valence-electron chi connectivity index (χ4n) is 1.71. The molecule has 82 valence electrons. The summed E-state index contributed by atoms with van der Waals surface area (Å²) in [6, 6.07) is 5.08. The summed E-state index contributed by atoms with van der Waals surface area (Å²) >= 11 is 0. The third-order valence-electron chi connectivity index (χ3n) is 2.43. The lowest BCUT2D eigenvalue weighted by molar-refractivity contribution is -0.717. The Morgan fingerprint density at radius 3 is 2.60 bits per heavy atom. The van der Waals surface area contributed by atoms with Crippen LogP contribution >= 0.6 is 0 Å². The molecule has 0 aliphatic carbocycles. The lowest BCUT2D eigenvalue weighted by Crippen LogP contribution is -3.00. The number of hydrogen-bond acceptors (Lipinski definition) is 2. The first kappa shape index (κ1) is 11.9. The van der Waals surface area contributed by atoms with E-state index in [0.717, 1.165) is 0 Å². The molecule has 1 saturated heterocycles. The van der Waals surface area contributed by atoms with Crippen LogP contribution in [0.1, 0.15) is 12.5 Å². The number of carbonyl (C=O) groups is 1. The second-order valence-electron chi connectivity index (χ2n) is 3.41. The number of piperidine rings is 1. The van der Waals surface area contributed by atoms with Crippen LogP contribution in [0.2, 0.25) is 0 Å². The van der Waals surface area contributed by atoms with Gasteiger partial charge in [0.25, 0.3) is 11.9 Å². The summed E-state index contributed by atoms with van der Waals surface area (Å²) in [4.78, 5) is 11.5. The maximum Gasteiger partial charge on any atom is 0.291 e. The highest BCUT2D eigenvalue weighted by Gasteiger charge is 2.37. The Labute approximate surface area is 94.3 Å². The third kappa shape index (κ3) is 2.46. The van der Waals surface area contributed by atoms with Gasteiger partial charge >= 0.3 is 0 Å². The summed E-state index contributed by atoms with van der Waals surface area (Å²) in [5, 5.41) is 12.5. The van der Waals surface area contributed by atoms with Gasteiger partial charge in [-0.05, 0) is 6.42 Å². The summed E-state index contributed by atoms with van der Waals surface area (Å²) in [5.41, 5.74) is 0. The van der Waals surface area contributed by atoms with Gasteiger partial charge in [-0.3, -0.25) is 4.79 Å². The van der Waals surface area contributed by atoms with Crippen LogP contribution in [0.5, 0.6) is 0 Å². The molecule has 0 radical (unpaired) electrons. The Morgan fingerprint density at radius 2 is 2.00 bits per heavy atom. The van der Waals surface area contributed by atoms with E-state index in [2.05, 4.69) is 5.32 Å². The Bertz CT molecular complexity index is 331. The van der Waals surface area contributed by atoms with E-state index in [1.807, 2.05) is 18.2 Å². The van der Waals surface area contributed by atoms with E-state index in [9.17, 15) is 9.90 Å². The molecule has 5 heteroatoms. The van der Waals surface area contributed by atoms with Crippen molar-refractivity contribution in [2.24, 2.45) is 0 Å². The van der Waals surface area contributed by atoms with Gasteiger partial charge in [0.1, 0.15) is 6.10 Å². The van der Waals surface area contributed by atoms with Crippen molar-refractivity contribution in [3.05, 3.63) is 30.6 Å². The number of nitrogens with zero attached hydrogens (tertiary/aromatic N) is 1. The molecule has 2 heterocycles. The molecule has 1 amide bonds. The highest BCUT2D eigenvalue weighted by molar-refractivity contribution is 5.80. The maximum atomic E-state index is 11.5. The molecule has 2 atom stereocenters. The fourth-order valence-corrected chi connectivity index (χ4v) is 1.71. The minimum Gasteiger partial charge on any atom is -1.00 e. The number of rotatable bonds is 1. The van der Waals surface area contributed by atoms with Crippen LogP contribution in [0.3, 0.4) is 0 Å². The first-order chi connectivity index (χ1) is 6.79. The normalized spacial score (nSPS) is 25.3. The topological polar surface area (TPSA) is 53.2 Å². The van der Waals surface area contributed by atoms with Crippen LogP contribution < -0.4 is 22.3 Å². The smallest absolute Gasteiger partial charge is 0.291 e. The van der Waals surface area contributed by atoms with E-state index in [-0.39, 0.29) is 18.3 Å². The van der Waals surface area contributed by atoms with Gasteiger partial charge in [-0.2, -0.15) is 4.57 Å². The molecule has 1 aromatic heterocycles. The highest BCUT2D eigenvalue weighted by atomic mass is 35.5. The van der Waals surface area contributed by atoms with Crippen molar-refractivity contribution < 1.29 is 26.9 Å².